The quantitative estimate of drug-likeness (QED) is 0.471. The first-order valence-electron chi connectivity index (χ1n) is 9.00. The van der Waals surface area contributed by atoms with Gasteiger partial charge in [0.15, 0.2) is 0 Å². The average molecular weight is 431 g/mol. The number of aliphatic hydroxyl groups excluding tert-OH is 1. The van der Waals surface area contributed by atoms with Gasteiger partial charge in [-0.05, 0) is 40.5 Å². The number of nitrogens with one attached hydrogen (secondary N) is 1. The normalized spacial score (nSPS) is 16.8. The molecule has 0 radical (unpaired) electrons. The van der Waals surface area contributed by atoms with Gasteiger partial charge in [0, 0.05) is 17.2 Å². The topological polar surface area (TPSA) is 58.3 Å². The second kappa shape index (κ2) is 8.36. The van der Waals surface area contributed by atoms with Gasteiger partial charge in [0.25, 0.3) is 0 Å². The zero-order valence-corrected chi connectivity index (χ0v) is 17.4. The van der Waals surface area contributed by atoms with E-state index in [0.29, 0.717) is 27.8 Å². The van der Waals surface area contributed by atoms with Crippen molar-refractivity contribution in [3.05, 3.63) is 93.0 Å². The first-order valence-corrected chi connectivity index (χ1v) is 10.7. The number of benzene rings is 3. The van der Waals surface area contributed by atoms with E-state index in [1.165, 1.54) is 21.6 Å². The van der Waals surface area contributed by atoms with Crippen LogP contribution in [0.5, 0.6) is 0 Å². The Hall–Kier alpha value is -1.69. The van der Waals surface area contributed by atoms with Gasteiger partial charge in [0.05, 0.1) is 27.9 Å². The first kappa shape index (κ1) is 19.6. The summed E-state index contributed by atoms with van der Waals surface area (Å²) in [5.74, 6) is 0.928. The highest BCUT2D eigenvalue weighted by molar-refractivity contribution is 7.98. The lowest BCUT2D eigenvalue weighted by Crippen LogP contribution is -2.28. The second-order valence-electron chi connectivity index (χ2n) is 6.78. The molecule has 0 saturated heterocycles. The van der Waals surface area contributed by atoms with Crippen LogP contribution in [0, 0.1) is 0 Å². The number of halogens is 2. The Balaban J connectivity index is 1.62. The van der Waals surface area contributed by atoms with Crippen molar-refractivity contribution in [3.8, 4) is 0 Å². The van der Waals surface area contributed by atoms with Crippen LogP contribution in [0.25, 0.3) is 0 Å². The van der Waals surface area contributed by atoms with Crippen LogP contribution in [0.4, 0.5) is 5.69 Å². The van der Waals surface area contributed by atoms with E-state index in [1.54, 1.807) is 12.1 Å². The van der Waals surface area contributed by atoms with E-state index in [-0.39, 0.29) is 6.04 Å². The molecule has 2 atom stereocenters. The number of aliphatic hydroxyl groups is 1. The molecule has 0 saturated carbocycles. The summed E-state index contributed by atoms with van der Waals surface area (Å²) in [4.78, 5) is 1.25. The third-order valence-corrected chi connectivity index (χ3v) is 6.74. The zero-order valence-electron chi connectivity index (χ0n) is 15.0. The summed E-state index contributed by atoms with van der Waals surface area (Å²) in [7, 11) is 0. The highest BCUT2D eigenvalue weighted by atomic mass is 35.5. The van der Waals surface area contributed by atoms with E-state index in [4.69, 9.17) is 28.9 Å². The number of nitrogen functional groups attached to an aromatic ring is 1. The van der Waals surface area contributed by atoms with Gasteiger partial charge in [-0.15, -0.1) is 11.8 Å². The van der Waals surface area contributed by atoms with Crippen LogP contribution in [0.2, 0.25) is 10.0 Å². The third-order valence-electron chi connectivity index (χ3n) is 4.98. The molecule has 3 nitrogen and oxygen atoms in total. The molecular formula is C22H20Cl2N2OS. The predicted octanol–water partition coefficient (Wildman–Crippen LogP) is 5.59. The Morgan fingerprint density at radius 3 is 2.43 bits per heavy atom. The molecule has 4 rings (SSSR count). The summed E-state index contributed by atoms with van der Waals surface area (Å²) in [5.41, 5.74) is 10.5. The monoisotopic (exact) mass is 430 g/mol. The molecule has 144 valence electrons. The minimum atomic E-state index is -0.758. The van der Waals surface area contributed by atoms with Crippen LogP contribution < -0.4 is 11.1 Å². The van der Waals surface area contributed by atoms with Gasteiger partial charge in [-0.1, -0.05) is 65.7 Å². The van der Waals surface area contributed by atoms with Crippen molar-refractivity contribution in [1.29, 1.82) is 0 Å². The molecule has 0 spiro atoms. The lowest BCUT2D eigenvalue weighted by molar-refractivity contribution is 0.172. The number of hydrogen-bond donors (Lipinski definition) is 3. The van der Waals surface area contributed by atoms with Crippen molar-refractivity contribution in [2.75, 3.05) is 12.3 Å². The molecule has 4 N–H and O–H groups in total. The van der Waals surface area contributed by atoms with Crippen LogP contribution in [0.15, 0.2) is 65.6 Å². The Morgan fingerprint density at radius 1 is 1.04 bits per heavy atom. The highest BCUT2D eigenvalue weighted by Gasteiger charge is 2.24. The average Bonchev–Trinajstić information content (AvgIpc) is 2.87. The van der Waals surface area contributed by atoms with Crippen molar-refractivity contribution in [2.45, 2.75) is 22.8 Å². The number of nitrogens with two attached hydrogens (primary N) is 1. The van der Waals surface area contributed by atoms with E-state index >= 15 is 0 Å². The van der Waals surface area contributed by atoms with Gasteiger partial charge in [-0.25, -0.2) is 0 Å². The fourth-order valence-electron chi connectivity index (χ4n) is 3.48. The Bertz CT molecular complexity index is 941. The Morgan fingerprint density at radius 2 is 1.68 bits per heavy atom. The van der Waals surface area contributed by atoms with Crippen LogP contribution in [0.3, 0.4) is 0 Å². The fraction of sp³-hybridized carbons (Fsp3) is 0.182. The van der Waals surface area contributed by atoms with Gasteiger partial charge in [-0.3, -0.25) is 0 Å². The highest BCUT2D eigenvalue weighted by Crippen LogP contribution is 2.39. The zero-order chi connectivity index (χ0) is 19.7. The maximum absolute atomic E-state index is 10.7. The van der Waals surface area contributed by atoms with E-state index in [9.17, 15) is 5.11 Å². The van der Waals surface area contributed by atoms with Crippen molar-refractivity contribution in [2.24, 2.45) is 0 Å². The minimum absolute atomic E-state index is 0.00299. The third kappa shape index (κ3) is 3.88. The summed E-state index contributed by atoms with van der Waals surface area (Å²) in [5, 5.41) is 15.0. The summed E-state index contributed by atoms with van der Waals surface area (Å²) in [6.07, 6.45) is -0.758. The fourth-order valence-corrected chi connectivity index (χ4v) is 5.09. The first-order chi connectivity index (χ1) is 13.5. The molecule has 3 aromatic carbocycles. The smallest absolute Gasteiger partial charge is 0.0915 e. The largest absolute Gasteiger partial charge is 0.396 e. The van der Waals surface area contributed by atoms with E-state index in [1.807, 2.05) is 11.8 Å². The summed E-state index contributed by atoms with van der Waals surface area (Å²) in [6.45, 7) is 0.356. The van der Waals surface area contributed by atoms with Gasteiger partial charge < -0.3 is 16.2 Å². The summed E-state index contributed by atoms with van der Waals surface area (Å²) >= 11 is 14.1. The van der Waals surface area contributed by atoms with Crippen LogP contribution in [-0.2, 0) is 5.75 Å². The van der Waals surface area contributed by atoms with E-state index in [2.05, 4.69) is 53.8 Å². The molecule has 0 aromatic heterocycles. The Labute approximate surface area is 178 Å². The van der Waals surface area contributed by atoms with Gasteiger partial charge in [0.1, 0.15) is 0 Å². The van der Waals surface area contributed by atoms with Crippen molar-refractivity contribution in [3.63, 3.8) is 0 Å². The summed E-state index contributed by atoms with van der Waals surface area (Å²) in [6, 6.07) is 20.2. The lowest BCUT2D eigenvalue weighted by atomic mass is 9.94. The number of fused-ring (bicyclic) bond motifs is 2. The van der Waals surface area contributed by atoms with Crippen LogP contribution in [-0.4, -0.2) is 11.7 Å². The molecule has 0 aliphatic carbocycles. The number of anilines is 1. The van der Waals surface area contributed by atoms with Gasteiger partial charge in [-0.2, -0.15) is 0 Å². The molecular weight excluding hydrogens is 411 g/mol. The molecule has 1 heterocycles. The number of hydrogen-bond acceptors (Lipinski definition) is 4. The molecule has 6 heteroatoms. The minimum Gasteiger partial charge on any atom is -0.396 e. The van der Waals surface area contributed by atoms with Crippen LogP contribution in [0.1, 0.15) is 34.4 Å². The lowest BCUT2D eigenvalue weighted by Gasteiger charge is -2.23. The molecule has 0 unspecified atom stereocenters. The van der Waals surface area contributed by atoms with Gasteiger partial charge in [0.2, 0.25) is 0 Å². The Kier molecular flexibility index (Phi) is 5.85. The second-order valence-corrected chi connectivity index (χ2v) is 8.61. The number of thioether (sulfide) groups is 1. The summed E-state index contributed by atoms with van der Waals surface area (Å²) < 4.78 is 0. The van der Waals surface area contributed by atoms with E-state index < -0.39 is 6.10 Å². The molecule has 0 bridgehead atoms. The van der Waals surface area contributed by atoms with Crippen molar-refractivity contribution >= 4 is 40.7 Å². The maximum Gasteiger partial charge on any atom is 0.0915 e. The number of rotatable bonds is 4. The van der Waals surface area contributed by atoms with Crippen LogP contribution >= 0.6 is 35.0 Å². The molecule has 0 amide bonds. The van der Waals surface area contributed by atoms with Crippen molar-refractivity contribution < 1.29 is 5.11 Å². The molecule has 3 aromatic rings. The molecule has 1 aliphatic rings. The maximum atomic E-state index is 10.7. The molecule has 28 heavy (non-hydrogen) atoms. The molecule has 1 aliphatic heterocycles. The molecule has 0 fully saturated rings. The van der Waals surface area contributed by atoms with E-state index in [0.717, 1.165) is 5.75 Å². The standard InChI is InChI=1S/C22H20Cl2N2OS/c23-17-9-14(10-18(24)21(17)25)19(27)11-26-22-15-6-2-1-5-13(15)12-28-20-8-4-3-7-16(20)22/h1-10,19,22,26-27H,11-12,25H2/t19-,22+/m1/s1. The SMILES string of the molecule is Nc1c(Cl)cc([C@H](O)CN[C@H]2c3ccccc3CSc3ccccc32)cc1Cl. The van der Waals surface area contributed by atoms with Crippen molar-refractivity contribution in [1.82, 2.24) is 5.32 Å². The predicted molar refractivity (Wildman–Crippen MR) is 118 cm³/mol. The van der Waals surface area contributed by atoms with Gasteiger partial charge >= 0.3 is 0 Å².